The van der Waals surface area contributed by atoms with Gasteiger partial charge in [-0.25, -0.2) is 0 Å². The molecule has 0 aromatic rings. The van der Waals surface area contributed by atoms with Crippen LogP contribution in [0, 0.1) is 23.7 Å². The number of hydrogen-bond donors (Lipinski definition) is 4. The third kappa shape index (κ3) is 3.94. The maximum absolute atomic E-state index is 12.0. The number of rotatable bonds is 4. The van der Waals surface area contributed by atoms with E-state index in [1.54, 1.807) is 4.90 Å². The van der Waals surface area contributed by atoms with Crippen LogP contribution < -0.4 is 5.73 Å². The van der Waals surface area contributed by atoms with Crippen molar-refractivity contribution in [3.05, 3.63) is 0 Å². The van der Waals surface area contributed by atoms with Gasteiger partial charge in [0.15, 0.2) is 6.10 Å². The number of nitrogens with two attached hydrogens (primary N) is 1. The first kappa shape index (κ1) is 19.6. The van der Waals surface area contributed by atoms with Gasteiger partial charge in [0.2, 0.25) is 0 Å². The summed E-state index contributed by atoms with van der Waals surface area (Å²) in [6.45, 7) is 0.677. The van der Waals surface area contributed by atoms with Crippen LogP contribution in [-0.4, -0.2) is 74.8 Å². The lowest BCUT2D eigenvalue weighted by atomic mass is 9.76. The summed E-state index contributed by atoms with van der Waals surface area (Å²) in [5.74, 6) is 0.637. The number of aliphatic hydroxyl groups is 3. The molecular formula is C17H28Cl2N2O4. The summed E-state index contributed by atoms with van der Waals surface area (Å²) in [6, 6.07) is -0.113. The van der Waals surface area contributed by atoms with Crippen molar-refractivity contribution in [2.45, 2.75) is 54.7 Å². The van der Waals surface area contributed by atoms with E-state index < -0.39 is 24.7 Å². The average Bonchev–Trinajstić information content (AvgIpc) is 3.15. The van der Waals surface area contributed by atoms with Crippen molar-refractivity contribution in [1.82, 2.24) is 4.90 Å². The topological polar surface area (TPSA) is 107 Å². The Morgan fingerprint density at radius 1 is 1.12 bits per heavy atom. The Kier molecular flexibility index (Phi) is 6.18. The molecule has 1 amide bonds. The van der Waals surface area contributed by atoms with Gasteiger partial charge < -0.3 is 26.0 Å². The molecule has 1 heterocycles. The van der Waals surface area contributed by atoms with Crippen LogP contribution in [0.1, 0.15) is 25.7 Å². The molecule has 1 aliphatic heterocycles. The Balaban J connectivity index is 1.55. The van der Waals surface area contributed by atoms with E-state index in [0.29, 0.717) is 43.7 Å². The average molecular weight is 395 g/mol. The molecule has 0 radical (unpaired) electrons. The van der Waals surface area contributed by atoms with Gasteiger partial charge >= 0.3 is 0 Å². The van der Waals surface area contributed by atoms with Crippen LogP contribution in [0.15, 0.2) is 0 Å². The summed E-state index contributed by atoms with van der Waals surface area (Å²) < 4.78 is 0. The molecule has 0 aromatic heterocycles. The van der Waals surface area contributed by atoms with Crippen molar-refractivity contribution in [2.75, 3.05) is 19.7 Å². The van der Waals surface area contributed by atoms with Crippen LogP contribution in [-0.2, 0) is 4.79 Å². The molecule has 8 heteroatoms. The Hall–Kier alpha value is -0.110. The second-order valence-corrected chi connectivity index (χ2v) is 9.13. The quantitative estimate of drug-likeness (QED) is 0.507. The van der Waals surface area contributed by atoms with Crippen molar-refractivity contribution in [3.63, 3.8) is 0 Å². The van der Waals surface area contributed by atoms with Gasteiger partial charge in [0.1, 0.15) is 0 Å². The molecule has 2 saturated carbocycles. The smallest absolute Gasteiger partial charge is 0.253 e. The molecule has 3 rings (SSSR count). The highest BCUT2D eigenvalue weighted by molar-refractivity contribution is 6.30. The van der Waals surface area contributed by atoms with Crippen molar-refractivity contribution in [3.8, 4) is 0 Å². The lowest BCUT2D eigenvalue weighted by Gasteiger charge is -2.39. The first-order valence-electron chi connectivity index (χ1n) is 9.11. The summed E-state index contributed by atoms with van der Waals surface area (Å²) in [6.07, 6.45) is 1.13. The second-order valence-electron chi connectivity index (χ2n) is 8.01. The number of aliphatic hydroxyl groups excluding tert-OH is 3. The van der Waals surface area contributed by atoms with Gasteiger partial charge in [0, 0.05) is 25.0 Å². The summed E-state index contributed by atoms with van der Waals surface area (Å²) in [4.78, 5) is 13.7. The molecule has 3 fully saturated rings. The second kappa shape index (κ2) is 7.87. The van der Waals surface area contributed by atoms with Crippen molar-refractivity contribution >= 4 is 29.1 Å². The van der Waals surface area contributed by atoms with Gasteiger partial charge in [-0.1, -0.05) is 0 Å². The first-order valence-corrected chi connectivity index (χ1v) is 9.98. The van der Waals surface area contributed by atoms with Crippen LogP contribution in [0.4, 0.5) is 0 Å². The Morgan fingerprint density at radius 3 is 2.24 bits per heavy atom. The van der Waals surface area contributed by atoms with E-state index in [-0.39, 0.29) is 22.7 Å². The summed E-state index contributed by atoms with van der Waals surface area (Å²) >= 11 is 12.4. The first-order chi connectivity index (χ1) is 11.8. The van der Waals surface area contributed by atoms with E-state index in [4.69, 9.17) is 34.0 Å². The molecule has 6 unspecified atom stereocenters. The fourth-order valence-corrected chi connectivity index (χ4v) is 5.60. The predicted molar refractivity (Wildman–Crippen MR) is 95.4 cm³/mol. The van der Waals surface area contributed by atoms with Gasteiger partial charge in [-0.3, -0.25) is 4.79 Å². The van der Waals surface area contributed by atoms with Crippen LogP contribution in [0.2, 0.25) is 0 Å². The van der Waals surface area contributed by atoms with E-state index in [1.807, 2.05) is 0 Å². The van der Waals surface area contributed by atoms with E-state index >= 15 is 0 Å². The van der Waals surface area contributed by atoms with Crippen LogP contribution in [0.25, 0.3) is 0 Å². The molecule has 2 aliphatic carbocycles. The molecule has 0 aromatic carbocycles. The molecule has 5 N–H and O–H groups in total. The minimum Gasteiger partial charge on any atom is -0.393 e. The monoisotopic (exact) mass is 394 g/mol. The van der Waals surface area contributed by atoms with Gasteiger partial charge in [0.05, 0.1) is 23.5 Å². The summed E-state index contributed by atoms with van der Waals surface area (Å²) in [5.41, 5.74) is 6.50. The zero-order valence-electron chi connectivity index (χ0n) is 14.2. The number of amides is 1. The molecule has 0 spiro atoms. The van der Waals surface area contributed by atoms with Gasteiger partial charge in [-0.05, 0) is 43.4 Å². The highest BCUT2D eigenvalue weighted by Gasteiger charge is 2.47. The maximum atomic E-state index is 12.0. The molecule has 9 atom stereocenters. The fourth-order valence-electron chi connectivity index (χ4n) is 5.01. The normalized spacial score (nSPS) is 43.8. The maximum Gasteiger partial charge on any atom is 0.253 e. The highest BCUT2D eigenvalue weighted by atomic mass is 35.5. The zero-order valence-corrected chi connectivity index (χ0v) is 15.7. The minimum atomic E-state index is -1.32. The van der Waals surface area contributed by atoms with Crippen LogP contribution in [0.5, 0.6) is 0 Å². The number of carbonyl (C=O) groups excluding carboxylic acids is 1. The van der Waals surface area contributed by atoms with Crippen molar-refractivity contribution in [1.29, 1.82) is 0 Å². The predicted octanol–water partition coefficient (Wildman–Crippen LogP) is 0.137. The van der Waals surface area contributed by atoms with Gasteiger partial charge in [0.25, 0.3) is 5.91 Å². The van der Waals surface area contributed by atoms with E-state index in [9.17, 15) is 15.0 Å². The third-order valence-corrected chi connectivity index (χ3v) is 7.54. The molecule has 6 nitrogen and oxygen atoms in total. The van der Waals surface area contributed by atoms with E-state index in [0.717, 1.165) is 12.8 Å². The molecule has 1 saturated heterocycles. The number of alkyl halides is 2. The minimum absolute atomic E-state index is 0.0322. The molecule has 25 heavy (non-hydrogen) atoms. The largest absolute Gasteiger partial charge is 0.393 e. The Morgan fingerprint density at radius 2 is 1.68 bits per heavy atom. The van der Waals surface area contributed by atoms with Crippen molar-refractivity contribution < 1.29 is 20.1 Å². The number of halogens is 2. The lowest BCUT2D eigenvalue weighted by Crippen LogP contribution is -2.49. The van der Waals surface area contributed by atoms with Crippen LogP contribution >= 0.6 is 23.2 Å². The van der Waals surface area contributed by atoms with E-state index in [2.05, 4.69) is 0 Å². The zero-order chi connectivity index (χ0) is 18.3. The van der Waals surface area contributed by atoms with Gasteiger partial charge in [-0.15, -0.1) is 23.2 Å². The number of fused-ring (bicyclic) bond motifs is 1. The molecule has 3 aliphatic rings. The standard InChI is InChI=1S/C17H28Cl2N2O4/c18-12-3-11(14(23)4-13(12)19)16(20)8-1-9-5-21(6-10(9)2-8)17(25)15(24)7-22/h8-16,22-24H,1-7,20H2/t8?,9-,10+,11?,12?,13?,14?,15-,16?/m1/s1. The lowest BCUT2D eigenvalue weighted by molar-refractivity contribution is -0.141. The highest BCUT2D eigenvalue weighted by Crippen LogP contribution is 2.45. The van der Waals surface area contributed by atoms with Gasteiger partial charge in [-0.2, -0.15) is 0 Å². The number of nitrogens with zero attached hydrogens (tertiary/aromatic N) is 1. The SMILES string of the molecule is NC(C1C[C@@H]2CN(C(=O)[C@H](O)CO)C[C@@H]2C1)C1CC(Cl)C(Cl)CC1O. The third-order valence-electron chi connectivity index (χ3n) is 6.45. The number of carbonyl (C=O) groups is 1. The van der Waals surface area contributed by atoms with Crippen LogP contribution in [0.3, 0.4) is 0 Å². The Bertz CT molecular complexity index is 483. The fraction of sp³-hybridized carbons (Fsp3) is 0.941. The summed E-state index contributed by atoms with van der Waals surface area (Å²) in [7, 11) is 0. The Labute approximate surface area is 158 Å². The van der Waals surface area contributed by atoms with Crippen molar-refractivity contribution in [2.24, 2.45) is 29.4 Å². The number of likely N-dealkylation sites (tertiary alicyclic amines) is 1. The summed E-state index contributed by atoms with van der Waals surface area (Å²) in [5, 5.41) is 28.5. The molecule has 144 valence electrons. The number of hydrogen-bond acceptors (Lipinski definition) is 5. The molecular weight excluding hydrogens is 367 g/mol. The molecule has 0 bridgehead atoms. The van der Waals surface area contributed by atoms with E-state index in [1.165, 1.54) is 0 Å².